The third kappa shape index (κ3) is 3.87. The summed E-state index contributed by atoms with van der Waals surface area (Å²) in [5.74, 6) is 0.732. The highest BCUT2D eigenvalue weighted by atomic mass is 16.6. The predicted octanol–water partition coefficient (Wildman–Crippen LogP) is 2.83. The summed E-state index contributed by atoms with van der Waals surface area (Å²) in [7, 11) is 0. The first kappa shape index (κ1) is 19.2. The second kappa shape index (κ2) is 7.02. The molecular formula is C22H33NO4. The molecule has 0 radical (unpaired) electrons. The first-order valence-corrected chi connectivity index (χ1v) is 10.5. The minimum Gasteiger partial charge on any atom is -0.457 e. The van der Waals surface area contributed by atoms with Gasteiger partial charge in [0.15, 0.2) is 6.10 Å². The standard InChI is InChI=1S/C22H33NO4/c1-13(2)11-18(24)27-21-16(12-14(3)5-6-15-7-8-15)23-10-9-17-19(26-17)20(23)22(21,4)25/h5-6,12-13,15-17,19-21,25H,7-11H2,1-4H3. The molecular weight excluding hydrogens is 342 g/mol. The van der Waals surface area contributed by atoms with Gasteiger partial charge in [0.05, 0.1) is 18.2 Å². The first-order chi connectivity index (χ1) is 12.8. The van der Waals surface area contributed by atoms with Crippen LogP contribution < -0.4 is 0 Å². The van der Waals surface area contributed by atoms with Gasteiger partial charge in [-0.05, 0) is 44.9 Å². The van der Waals surface area contributed by atoms with E-state index >= 15 is 0 Å². The van der Waals surface area contributed by atoms with Crippen LogP contribution in [0.25, 0.3) is 0 Å². The van der Waals surface area contributed by atoms with Crippen molar-refractivity contribution in [2.75, 3.05) is 6.54 Å². The number of hydrogen-bond acceptors (Lipinski definition) is 5. The normalized spacial score (nSPS) is 41.7. The van der Waals surface area contributed by atoms with Crippen LogP contribution in [0.4, 0.5) is 0 Å². The lowest BCUT2D eigenvalue weighted by Gasteiger charge is -2.33. The molecule has 5 heteroatoms. The van der Waals surface area contributed by atoms with Gasteiger partial charge in [-0.3, -0.25) is 9.69 Å². The highest BCUT2D eigenvalue weighted by Gasteiger charge is 2.67. The molecule has 1 aliphatic carbocycles. The lowest BCUT2D eigenvalue weighted by Crippen LogP contribution is -2.53. The molecule has 0 aromatic rings. The van der Waals surface area contributed by atoms with E-state index in [4.69, 9.17) is 9.47 Å². The van der Waals surface area contributed by atoms with Crippen molar-refractivity contribution in [2.24, 2.45) is 11.8 Å². The third-order valence-corrected chi connectivity index (χ3v) is 6.35. The topological polar surface area (TPSA) is 62.3 Å². The van der Waals surface area contributed by atoms with Crippen molar-refractivity contribution < 1.29 is 19.4 Å². The second-order valence-corrected chi connectivity index (χ2v) is 9.44. The molecule has 6 unspecified atom stereocenters. The van der Waals surface area contributed by atoms with Gasteiger partial charge >= 0.3 is 5.97 Å². The summed E-state index contributed by atoms with van der Waals surface area (Å²) in [4.78, 5) is 14.7. The van der Waals surface area contributed by atoms with Crippen LogP contribution in [0.3, 0.4) is 0 Å². The smallest absolute Gasteiger partial charge is 0.306 e. The van der Waals surface area contributed by atoms with Crippen molar-refractivity contribution in [3.63, 3.8) is 0 Å². The van der Waals surface area contributed by atoms with E-state index < -0.39 is 11.7 Å². The van der Waals surface area contributed by atoms with Crippen molar-refractivity contribution in [1.29, 1.82) is 0 Å². The van der Waals surface area contributed by atoms with Crippen LogP contribution in [-0.4, -0.2) is 58.5 Å². The number of carbonyl (C=O) groups is 1. The van der Waals surface area contributed by atoms with E-state index in [1.54, 1.807) is 0 Å². The second-order valence-electron chi connectivity index (χ2n) is 9.44. The van der Waals surface area contributed by atoms with Crippen molar-refractivity contribution in [3.05, 3.63) is 23.8 Å². The molecule has 4 rings (SSSR count). The maximum absolute atomic E-state index is 12.4. The molecule has 0 aromatic heterocycles. The van der Waals surface area contributed by atoms with Gasteiger partial charge in [-0.1, -0.05) is 37.6 Å². The lowest BCUT2D eigenvalue weighted by atomic mass is 9.88. The monoisotopic (exact) mass is 375 g/mol. The fourth-order valence-corrected chi connectivity index (χ4v) is 4.76. The average Bonchev–Trinajstić information content (AvgIpc) is 3.48. The summed E-state index contributed by atoms with van der Waals surface area (Å²) in [6.07, 6.45) is 10.3. The van der Waals surface area contributed by atoms with Gasteiger partial charge < -0.3 is 14.6 Å². The Morgan fingerprint density at radius 1 is 1.37 bits per heavy atom. The number of hydrogen-bond donors (Lipinski definition) is 1. The summed E-state index contributed by atoms with van der Waals surface area (Å²) in [5.41, 5.74) is 0.0424. The molecule has 4 fully saturated rings. The molecule has 150 valence electrons. The lowest BCUT2D eigenvalue weighted by molar-refractivity contribution is -0.162. The van der Waals surface area contributed by atoms with Gasteiger partial charge in [-0.2, -0.15) is 0 Å². The molecule has 1 N–H and O–H groups in total. The fourth-order valence-electron chi connectivity index (χ4n) is 4.76. The molecule has 0 aromatic carbocycles. The molecule has 6 atom stereocenters. The van der Waals surface area contributed by atoms with E-state index in [-0.39, 0.29) is 36.2 Å². The summed E-state index contributed by atoms with van der Waals surface area (Å²) in [6, 6.07) is -0.232. The molecule has 5 nitrogen and oxygen atoms in total. The Balaban J connectivity index is 1.59. The van der Waals surface area contributed by atoms with Crippen LogP contribution in [0, 0.1) is 11.8 Å². The molecule has 4 aliphatic rings. The zero-order valence-electron chi connectivity index (χ0n) is 16.9. The number of esters is 1. The molecule has 3 saturated heterocycles. The molecule has 0 bridgehead atoms. The van der Waals surface area contributed by atoms with Crippen molar-refractivity contribution in [1.82, 2.24) is 4.90 Å². The Morgan fingerprint density at radius 3 is 2.78 bits per heavy atom. The number of nitrogens with zero attached hydrogens (tertiary/aromatic N) is 1. The molecule has 3 aliphatic heterocycles. The van der Waals surface area contributed by atoms with Crippen LogP contribution in [0.1, 0.15) is 53.4 Å². The molecule has 3 heterocycles. The third-order valence-electron chi connectivity index (χ3n) is 6.35. The zero-order chi connectivity index (χ0) is 19.3. The summed E-state index contributed by atoms with van der Waals surface area (Å²) in [6.45, 7) is 8.77. The van der Waals surface area contributed by atoms with Gasteiger partial charge in [0.2, 0.25) is 0 Å². The van der Waals surface area contributed by atoms with Crippen molar-refractivity contribution >= 4 is 5.97 Å². The van der Waals surface area contributed by atoms with Crippen LogP contribution in [-0.2, 0) is 14.3 Å². The van der Waals surface area contributed by atoms with Gasteiger partial charge in [-0.25, -0.2) is 0 Å². The maximum atomic E-state index is 12.4. The first-order valence-electron chi connectivity index (χ1n) is 10.5. The van der Waals surface area contributed by atoms with E-state index in [1.807, 2.05) is 20.8 Å². The van der Waals surface area contributed by atoms with Gasteiger partial charge in [-0.15, -0.1) is 0 Å². The quantitative estimate of drug-likeness (QED) is 0.439. The van der Waals surface area contributed by atoms with E-state index in [0.29, 0.717) is 6.42 Å². The maximum Gasteiger partial charge on any atom is 0.306 e. The number of ether oxygens (including phenoxy) is 2. The average molecular weight is 376 g/mol. The minimum atomic E-state index is -1.12. The zero-order valence-corrected chi connectivity index (χ0v) is 16.9. The number of piperidine rings is 1. The largest absolute Gasteiger partial charge is 0.457 e. The molecule has 0 spiro atoms. The minimum absolute atomic E-state index is 0.0563. The van der Waals surface area contributed by atoms with Gasteiger partial charge in [0.1, 0.15) is 11.7 Å². The number of allylic oxidation sites excluding steroid dienone is 3. The molecule has 0 amide bonds. The SMILES string of the molecule is CC(C=CC1CC1)=CC1C(OC(=O)CC(C)C)C(C)(O)C2C3OC3CCN12. The Bertz CT molecular complexity index is 649. The Hall–Kier alpha value is -1.17. The fraction of sp³-hybridized carbons (Fsp3) is 0.773. The van der Waals surface area contributed by atoms with Crippen molar-refractivity contribution in [2.45, 2.75) is 89.4 Å². The van der Waals surface area contributed by atoms with Crippen LogP contribution in [0.2, 0.25) is 0 Å². The number of epoxide rings is 1. The Labute approximate surface area is 162 Å². The number of carbonyl (C=O) groups excluding carboxylic acids is 1. The number of aliphatic hydroxyl groups is 1. The number of fused-ring (bicyclic) bond motifs is 3. The van der Waals surface area contributed by atoms with Gasteiger partial charge in [0, 0.05) is 13.0 Å². The summed E-state index contributed by atoms with van der Waals surface area (Å²) in [5, 5.41) is 11.4. The number of rotatable bonds is 6. The van der Waals surface area contributed by atoms with E-state index in [1.165, 1.54) is 12.8 Å². The van der Waals surface area contributed by atoms with Crippen LogP contribution in [0.15, 0.2) is 23.8 Å². The Morgan fingerprint density at radius 2 is 2.11 bits per heavy atom. The highest BCUT2D eigenvalue weighted by Crippen LogP contribution is 2.48. The molecule has 1 saturated carbocycles. The summed E-state index contributed by atoms with van der Waals surface area (Å²) < 4.78 is 11.7. The predicted molar refractivity (Wildman–Crippen MR) is 103 cm³/mol. The van der Waals surface area contributed by atoms with E-state index in [9.17, 15) is 9.90 Å². The van der Waals surface area contributed by atoms with Crippen molar-refractivity contribution in [3.8, 4) is 0 Å². The van der Waals surface area contributed by atoms with Crippen LogP contribution >= 0.6 is 0 Å². The van der Waals surface area contributed by atoms with E-state index in [2.05, 4.69) is 30.1 Å². The molecule has 27 heavy (non-hydrogen) atoms. The highest BCUT2D eigenvalue weighted by molar-refractivity contribution is 5.70. The Kier molecular flexibility index (Phi) is 4.98. The van der Waals surface area contributed by atoms with Crippen LogP contribution in [0.5, 0.6) is 0 Å². The van der Waals surface area contributed by atoms with E-state index in [0.717, 1.165) is 24.5 Å². The van der Waals surface area contributed by atoms with Gasteiger partial charge in [0.25, 0.3) is 0 Å². The summed E-state index contributed by atoms with van der Waals surface area (Å²) >= 11 is 0.